The molecule has 0 unspecified atom stereocenters. The van der Waals surface area contributed by atoms with Crippen LogP contribution in [0.25, 0.3) is 10.9 Å². The molecule has 0 atom stereocenters. The number of hydrogen-bond donors (Lipinski definition) is 1. The van der Waals surface area contributed by atoms with Gasteiger partial charge in [-0.25, -0.2) is 9.37 Å². The number of fused-ring (bicyclic) bond motifs is 1. The summed E-state index contributed by atoms with van der Waals surface area (Å²) in [5.41, 5.74) is 5.94. The quantitative estimate of drug-likeness (QED) is 0.800. The molecule has 2 aromatic rings. The molecule has 2 rings (SSSR count). The maximum atomic E-state index is 13.0. The van der Waals surface area contributed by atoms with Crippen LogP contribution >= 0.6 is 27.5 Å². The number of pyridine rings is 1. The van der Waals surface area contributed by atoms with Gasteiger partial charge in [0.1, 0.15) is 11.6 Å². The number of nitrogens with two attached hydrogens (primary N) is 1. The molecule has 0 saturated carbocycles. The van der Waals surface area contributed by atoms with Gasteiger partial charge in [-0.1, -0.05) is 11.6 Å². The summed E-state index contributed by atoms with van der Waals surface area (Å²) in [6, 6.07) is 4.17. The maximum Gasteiger partial charge on any atom is 0.126 e. The summed E-state index contributed by atoms with van der Waals surface area (Å²) in [5, 5.41) is 1.13. The first kappa shape index (κ1) is 9.68. The number of nitrogen functional groups attached to an aromatic ring is 1. The van der Waals surface area contributed by atoms with Gasteiger partial charge in [-0.3, -0.25) is 0 Å². The van der Waals surface area contributed by atoms with Gasteiger partial charge in [0.25, 0.3) is 0 Å². The van der Waals surface area contributed by atoms with Crippen molar-refractivity contribution in [2.45, 2.75) is 0 Å². The van der Waals surface area contributed by atoms with Gasteiger partial charge in [-0.05, 0) is 28.1 Å². The minimum Gasteiger partial charge on any atom is -0.384 e. The van der Waals surface area contributed by atoms with Crippen molar-refractivity contribution in [2.75, 3.05) is 5.73 Å². The molecule has 1 aromatic heterocycles. The lowest BCUT2D eigenvalue weighted by atomic mass is 10.2. The molecule has 14 heavy (non-hydrogen) atoms. The first-order chi connectivity index (χ1) is 6.58. The van der Waals surface area contributed by atoms with E-state index in [1.807, 2.05) is 0 Å². The molecule has 0 fully saturated rings. The molecule has 0 amide bonds. The Morgan fingerprint density at radius 1 is 1.36 bits per heavy atom. The van der Waals surface area contributed by atoms with Crippen LogP contribution in [0.4, 0.5) is 10.2 Å². The van der Waals surface area contributed by atoms with E-state index in [2.05, 4.69) is 20.9 Å². The van der Waals surface area contributed by atoms with E-state index >= 15 is 0 Å². The average molecular weight is 276 g/mol. The minimum absolute atomic E-state index is 0.278. The van der Waals surface area contributed by atoms with Crippen LogP contribution in [-0.4, -0.2) is 4.98 Å². The average Bonchev–Trinajstić information content (AvgIpc) is 1.99. The van der Waals surface area contributed by atoms with Crippen LogP contribution in [0, 0.1) is 5.82 Å². The normalized spacial score (nSPS) is 10.8. The molecular formula is C9H5BrClFN2. The summed E-state index contributed by atoms with van der Waals surface area (Å²) in [6.07, 6.45) is 0. The van der Waals surface area contributed by atoms with Crippen molar-refractivity contribution >= 4 is 44.3 Å². The van der Waals surface area contributed by atoms with E-state index in [0.717, 1.165) is 0 Å². The van der Waals surface area contributed by atoms with Gasteiger partial charge >= 0.3 is 0 Å². The standard InChI is InChI=1S/C9H5BrClFN2/c10-5-1-4(12)2-7-9(5)6(11)3-8(13)14-7/h1-3H,(H2,13,14). The molecule has 0 bridgehead atoms. The highest BCUT2D eigenvalue weighted by Crippen LogP contribution is 2.31. The van der Waals surface area contributed by atoms with E-state index in [9.17, 15) is 4.39 Å². The third-order valence-corrected chi connectivity index (χ3v) is 2.72. The van der Waals surface area contributed by atoms with Crippen LogP contribution in [0.2, 0.25) is 5.02 Å². The highest BCUT2D eigenvalue weighted by Gasteiger charge is 2.08. The molecule has 72 valence electrons. The second-order valence-electron chi connectivity index (χ2n) is 2.81. The number of aromatic nitrogens is 1. The maximum absolute atomic E-state index is 13.0. The summed E-state index contributed by atoms with van der Waals surface area (Å²) in [7, 11) is 0. The monoisotopic (exact) mass is 274 g/mol. The first-order valence-electron chi connectivity index (χ1n) is 3.78. The molecule has 0 aliphatic carbocycles. The van der Waals surface area contributed by atoms with Crippen LogP contribution in [0.15, 0.2) is 22.7 Å². The van der Waals surface area contributed by atoms with Crippen molar-refractivity contribution < 1.29 is 4.39 Å². The van der Waals surface area contributed by atoms with Crippen molar-refractivity contribution in [3.63, 3.8) is 0 Å². The van der Waals surface area contributed by atoms with Crippen LogP contribution in [0.5, 0.6) is 0 Å². The molecule has 1 heterocycles. The Labute approximate surface area is 93.0 Å². The molecule has 2 nitrogen and oxygen atoms in total. The summed E-state index contributed by atoms with van der Waals surface area (Å²) in [4.78, 5) is 3.98. The van der Waals surface area contributed by atoms with Gasteiger partial charge in [0.2, 0.25) is 0 Å². The third kappa shape index (κ3) is 1.55. The fraction of sp³-hybridized carbons (Fsp3) is 0. The number of hydrogen-bond acceptors (Lipinski definition) is 2. The third-order valence-electron chi connectivity index (χ3n) is 1.80. The summed E-state index contributed by atoms with van der Waals surface area (Å²) in [5.74, 6) is -0.0986. The number of halogens is 3. The smallest absolute Gasteiger partial charge is 0.126 e. The second-order valence-corrected chi connectivity index (χ2v) is 4.07. The number of benzene rings is 1. The minimum atomic E-state index is -0.376. The molecule has 0 aliphatic rings. The highest BCUT2D eigenvalue weighted by molar-refractivity contribution is 9.10. The Balaban J connectivity index is 2.94. The van der Waals surface area contributed by atoms with E-state index < -0.39 is 0 Å². The van der Waals surface area contributed by atoms with Gasteiger partial charge in [-0.2, -0.15) is 0 Å². The van der Waals surface area contributed by atoms with E-state index in [4.69, 9.17) is 17.3 Å². The SMILES string of the molecule is Nc1cc(Cl)c2c(Br)cc(F)cc2n1. The predicted molar refractivity (Wildman–Crippen MR) is 58.8 cm³/mol. The Morgan fingerprint density at radius 2 is 2.07 bits per heavy atom. The van der Waals surface area contributed by atoms with Crippen molar-refractivity contribution in [2.24, 2.45) is 0 Å². The van der Waals surface area contributed by atoms with Crippen LogP contribution in [0.3, 0.4) is 0 Å². The fourth-order valence-corrected chi connectivity index (χ4v) is 2.32. The summed E-state index contributed by atoms with van der Waals surface area (Å²) in [6.45, 7) is 0. The van der Waals surface area contributed by atoms with Gasteiger partial charge < -0.3 is 5.73 Å². The second kappa shape index (κ2) is 3.37. The Bertz CT molecular complexity index is 473. The van der Waals surface area contributed by atoms with Crippen molar-refractivity contribution in [1.29, 1.82) is 0 Å². The zero-order chi connectivity index (χ0) is 10.3. The molecule has 5 heteroatoms. The Hall–Kier alpha value is -0.870. The van der Waals surface area contributed by atoms with E-state index in [-0.39, 0.29) is 11.6 Å². The molecule has 0 saturated heterocycles. The summed E-state index contributed by atoms with van der Waals surface area (Å²) >= 11 is 9.17. The molecule has 2 N–H and O–H groups in total. The van der Waals surface area contributed by atoms with Crippen LogP contribution in [-0.2, 0) is 0 Å². The van der Waals surface area contributed by atoms with Crippen molar-refractivity contribution in [1.82, 2.24) is 4.98 Å². The molecule has 0 radical (unpaired) electrons. The van der Waals surface area contributed by atoms with Crippen molar-refractivity contribution in [3.05, 3.63) is 33.5 Å². The molecule has 1 aromatic carbocycles. The number of nitrogens with zero attached hydrogens (tertiary/aromatic N) is 1. The lowest BCUT2D eigenvalue weighted by molar-refractivity contribution is 0.628. The van der Waals surface area contributed by atoms with E-state index in [1.54, 1.807) is 0 Å². The summed E-state index contributed by atoms with van der Waals surface area (Å²) < 4.78 is 13.6. The molecular weight excluding hydrogens is 270 g/mol. The zero-order valence-corrected chi connectivity index (χ0v) is 9.23. The van der Waals surface area contributed by atoms with Gasteiger partial charge in [0.15, 0.2) is 0 Å². The van der Waals surface area contributed by atoms with Crippen LogP contribution < -0.4 is 5.73 Å². The van der Waals surface area contributed by atoms with E-state index in [1.165, 1.54) is 18.2 Å². The zero-order valence-electron chi connectivity index (χ0n) is 6.89. The highest BCUT2D eigenvalue weighted by atomic mass is 79.9. The van der Waals surface area contributed by atoms with Crippen molar-refractivity contribution in [3.8, 4) is 0 Å². The lowest BCUT2D eigenvalue weighted by Crippen LogP contribution is -1.92. The fourth-order valence-electron chi connectivity index (χ4n) is 1.26. The number of rotatable bonds is 0. The first-order valence-corrected chi connectivity index (χ1v) is 4.96. The van der Waals surface area contributed by atoms with Gasteiger partial charge in [0.05, 0.1) is 10.5 Å². The number of anilines is 1. The molecule has 0 aliphatic heterocycles. The Morgan fingerprint density at radius 3 is 2.79 bits per heavy atom. The van der Waals surface area contributed by atoms with Gasteiger partial charge in [-0.15, -0.1) is 0 Å². The van der Waals surface area contributed by atoms with Crippen LogP contribution in [0.1, 0.15) is 0 Å². The van der Waals surface area contributed by atoms with E-state index in [0.29, 0.717) is 20.4 Å². The molecule has 0 spiro atoms. The lowest BCUT2D eigenvalue weighted by Gasteiger charge is -2.04. The Kier molecular flexibility index (Phi) is 2.33. The topological polar surface area (TPSA) is 38.9 Å². The largest absolute Gasteiger partial charge is 0.384 e. The van der Waals surface area contributed by atoms with Gasteiger partial charge in [0, 0.05) is 15.9 Å². The predicted octanol–water partition coefficient (Wildman–Crippen LogP) is 3.37.